The minimum Gasteiger partial charge on any atom is -0.385 e. The number of carbonyl (C=O) groups is 1. The second-order valence-corrected chi connectivity index (χ2v) is 6.84. The van der Waals surface area contributed by atoms with Crippen molar-refractivity contribution in [3.63, 3.8) is 0 Å². The van der Waals surface area contributed by atoms with Crippen molar-refractivity contribution < 1.29 is 4.79 Å². The van der Waals surface area contributed by atoms with E-state index in [1.165, 1.54) is 11.1 Å². The zero-order chi connectivity index (χ0) is 19.1. The van der Waals surface area contributed by atoms with Crippen LogP contribution in [0.1, 0.15) is 27.2 Å². The molecule has 0 saturated carbocycles. The van der Waals surface area contributed by atoms with Gasteiger partial charge in [-0.1, -0.05) is 53.6 Å². The van der Waals surface area contributed by atoms with Crippen molar-refractivity contribution in [1.82, 2.24) is 10.3 Å². The van der Waals surface area contributed by atoms with E-state index in [2.05, 4.69) is 15.6 Å². The highest BCUT2D eigenvalue weighted by molar-refractivity contribution is 6.30. The molecule has 27 heavy (non-hydrogen) atoms. The maximum absolute atomic E-state index is 12.4. The summed E-state index contributed by atoms with van der Waals surface area (Å²) >= 11 is 5.90. The van der Waals surface area contributed by atoms with Gasteiger partial charge in [-0.15, -0.1) is 0 Å². The van der Waals surface area contributed by atoms with Crippen molar-refractivity contribution >= 4 is 23.2 Å². The van der Waals surface area contributed by atoms with Crippen molar-refractivity contribution in [2.45, 2.75) is 19.9 Å². The lowest BCUT2D eigenvalue weighted by molar-refractivity contribution is 0.0946. The first kappa shape index (κ1) is 18.9. The summed E-state index contributed by atoms with van der Waals surface area (Å²) in [6.07, 6.45) is 2.51. The minimum absolute atomic E-state index is 0.183. The van der Waals surface area contributed by atoms with Gasteiger partial charge in [0, 0.05) is 30.0 Å². The lowest BCUT2D eigenvalue weighted by Crippen LogP contribution is -2.23. The Bertz CT molecular complexity index is 892. The number of rotatable bonds is 7. The molecule has 0 radical (unpaired) electrons. The van der Waals surface area contributed by atoms with E-state index >= 15 is 0 Å². The zero-order valence-corrected chi connectivity index (χ0v) is 16.0. The van der Waals surface area contributed by atoms with Gasteiger partial charge in [-0.3, -0.25) is 9.78 Å². The van der Waals surface area contributed by atoms with Crippen molar-refractivity contribution in [3.05, 3.63) is 94.3 Å². The van der Waals surface area contributed by atoms with Crippen LogP contribution in [-0.4, -0.2) is 17.4 Å². The Labute approximate surface area is 164 Å². The first-order valence-corrected chi connectivity index (χ1v) is 9.26. The Kier molecular flexibility index (Phi) is 6.44. The number of halogens is 1. The fourth-order valence-corrected chi connectivity index (χ4v) is 2.77. The van der Waals surface area contributed by atoms with Gasteiger partial charge in [-0.2, -0.15) is 0 Å². The highest BCUT2D eigenvalue weighted by Crippen LogP contribution is 2.12. The third-order valence-electron chi connectivity index (χ3n) is 4.22. The van der Waals surface area contributed by atoms with Gasteiger partial charge < -0.3 is 10.6 Å². The fraction of sp³-hybridized carbons (Fsp3) is 0.182. The van der Waals surface area contributed by atoms with Crippen molar-refractivity contribution in [3.8, 4) is 0 Å². The summed E-state index contributed by atoms with van der Waals surface area (Å²) in [4.78, 5) is 16.5. The second-order valence-electron chi connectivity index (χ2n) is 6.40. The highest BCUT2D eigenvalue weighted by atomic mass is 35.5. The summed E-state index contributed by atoms with van der Waals surface area (Å²) in [5, 5.41) is 6.98. The second kappa shape index (κ2) is 9.19. The van der Waals surface area contributed by atoms with E-state index in [4.69, 9.17) is 11.6 Å². The number of hydrogen-bond donors (Lipinski definition) is 2. The predicted octanol–water partition coefficient (Wildman–Crippen LogP) is 4.63. The van der Waals surface area contributed by atoms with Crippen molar-refractivity contribution in [2.24, 2.45) is 0 Å². The maximum Gasteiger partial charge on any atom is 0.270 e. The Balaban J connectivity index is 1.52. The molecule has 0 atom stereocenters. The number of aryl methyl sites for hydroxylation is 1. The first-order valence-electron chi connectivity index (χ1n) is 8.88. The average Bonchev–Trinajstić information content (AvgIpc) is 2.69. The largest absolute Gasteiger partial charge is 0.385 e. The van der Waals surface area contributed by atoms with E-state index in [9.17, 15) is 4.79 Å². The van der Waals surface area contributed by atoms with Gasteiger partial charge in [0.2, 0.25) is 0 Å². The summed E-state index contributed by atoms with van der Waals surface area (Å²) in [6, 6.07) is 19.5. The van der Waals surface area contributed by atoms with Gasteiger partial charge in [-0.25, -0.2) is 0 Å². The van der Waals surface area contributed by atoms with Gasteiger partial charge in [0.15, 0.2) is 0 Å². The predicted molar refractivity (Wildman–Crippen MR) is 110 cm³/mol. The molecule has 138 valence electrons. The van der Waals surface area contributed by atoms with Crippen LogP contribution in [0.3, 0.4) is 0 Å². The molecule has 1 amide bonds. The van der Waals surface area contributed by atoms with Crippen LogP contribution in [0.25, 0.3) is 0 Å². The first-order chi connectivity index (χ1) is 13.1. The average molecular weight is 380 g/mol. The Morgan fingerprint density at radius 3 is 2.44 bits per heavy atom. The van der Waals surface area contributed by atoms with Crippen LogP contribution in [0.2, 0.25) is 5.02 Å². The summed E-state index contributed by atoms with van der Waals surface area (Å²) in [6.45, 7) is 3.28. The van der Waals surface area contributed by atoms with Crippen LogP contribution >= 0.6 is 11.6 Å². The molecule has 3 aromatic rings. The van der Waals surface area contributed by atoms with Crippen LogP contribution in [0, 0.1) is 6.92 Å². The van der Waals surface area contributed by atoms with Gasteiger partial charge >= 0.3 is 0 Å². The Morgan fingerprint density at radius 1 is 1.00 bits per heavy atom. The smallest absolute Gasteiger partial charge is 0.270 e. The molecule has 1 aromatic heterocycles. The molecule has 0 spiro atoms. The standard InChI is InChI=1S/C22H22ClN3O/c1-16-2-4-18(5-3-16)15-26-22(27)21-14-20(11-13-25-21)24-12-10-17-6-8-19(23)9-7-17/h2-9,11,13-14H,10,12,15H2,1H3,(H,24,25)(H,26,27). The number of hydrogen-bond acceptors (Lipinski definition) is 3. The van der Waals surface area contributed by atoms with E-state index in [0.29, 0.717) is 12.2 Å². The topological polar surface area (TPSA) is 54.0 Å². The maximum atomic E-state index is 12.4. The fourth-order valence-electron chi connectivity index (χ4n) is 2.65. The number of anilines is 1. The third kappa shape index (κ3) is 5.83. The van der Waals surface area contributed by atoms with Crippen LogP contribution in [0.4, 0.5) is 5.69 Å². The molecular formula is C22H22ClN3O. The molecule has 3 rings (SSSR count). The normalized spacial score (nSPS) is 10.4. The molecule has 4 nitrogen and oxygen atoms in total. The Morgan fingerprint density at radius 2 is 1.70 bits per heavy atom. The molecule has 0 aliphatic heterocycles. The van der Waals surface area contributed by atoms with E-state index in [1.807, 2.05) is 61.5 Å². The SMILES string of the molecule is Cc1ccc(CNC(=O)c2cc(NCCc3ccc(Cl)cc3)ccn2)cc1. The summed E-state index contributed by atoms with van der Waals surface area (Å²) in [7, 11) is 0. The van der Waals surface area contributed by atoms with Crippen LogP contribution < -0.4 is 10.6 Å². The molecular weight excluding hydrogens is 358 g/mol. The number of nitrogens with zero attached hydrogens (tertiary/aromatic N) is 1. The third-order valence-corrected chi connectivity index (χ3v) is 4.47. The van der Waals surface area contributed by atoms with Crippen LogP contribution in [-0.2, 0) is 13.0 Å². The molecule has 0 unspecified atom stereocenters. The van der Waals surface area contributed by atoms with E-state index in [0.717, 1.165) is 29.2 Å². The number of carbonyl (C=O) groups excluding carboxylic acids is 1. The molecule has 0 aliphatic carbocycles. The van der Waals surface area contributed by atoms with Gasteiger partial charge in [0.05, 0.1) is 0 Å². The number of amides is 1. The lowest BCUT2D eigenvalue weighted by atomic mass is 10.1. The van der Waals surface area contributed by atoms with E-state index < -0.39 is 0 Å². The monoisotopic (exact) mass is 379 g/mol. The number of benzene rings is 2. The summed E-state index contributed by atoms with van der Waals surface area (Å²) in [5.41, 5.74) is 4.74. The summed E-state index contributed by atoms with van der Waals surface area (Å²) in [5.74, 6) is -0.183. The lowest BCUT2D eigenvalue weighted by Gasteiger charge is -2.09. The Hall–Kier alpha value is -2.85. The molecule has 0 aliphatic rings. The molecule has 2 N–H and O–H groups in total. The quantitative estimate of drug-likeness (QED) is 0.629. The number of nitrogens with one attached hydrogen (secondary N) is 2. The minimum atomic E-state index is -0.183. The van der Waals surface area contributed by atoms with Crippen LogP contribution in [0.15, 0.2) is 66.9 Å². The van der Waals surface area contributed by atoms with Gasteiger partial charge in [0.1, 0.15) is 5.69 Å². The van der Waals surface area contributed by atoms with Crippen LogP contribution in [0.5, 0.6) is 0 Å². The van der Waals surface area contributed by atoms with E-state index in [-0.39, 0.29) is 5.91 Å². The molecule has 1 heterocycles. The van der Waals surface area contributed by atoms with Crippen molar-refractivity contribution in [1.29, 1.82) is 0 Å². The highest BCUT2D eigenvalue weighted by Gasteiger charge is 2.08. The van der Waals surface area contributed by atoms with E-state index in [1.54, 1.807) is 12.3 Å². The molecule has 0 fully saturated rings. The summed E-state index contributed by atoms with van der Waals surface area (Å²) < 4.78 is 0. The van der Waals surface area contributed by atoms with Gasteiger partial charge in [0.25, 0.3) is 5.91 Å². The molecule has 0 bridgehead atoms. The van der Waals surface area contributed by atoms with Crippen molar-refractivity contribution in [2.75, 3.05) is 11.9 Å². The molecule has 5 heteroatoms. The molecule has 2 aromatic carbocycles. The number of aromatic nitrogens is 1. The van der Waals surface area contributed by atoms with Gasteiger partial charge in [-0.05, 0) is 48.7 Å². The molecule has 0 saturated heterocycles. The zero-order valence-electron chi connectivity index (χ0n) is 15.2. The number of pyridine rings is 1.